The molecule has 2 N–H and O–H groups in total. The van der Waals surface area contributed by atoms with Crippen LogP contribution in [0.2, 0.25) is 0 Å². The van der Waals surface area contributed by atoms with Crippen LogP contribution in [0, 0.1) is 0 Å². The zero-order valence-electron chi connectivity index (χ0n) is 11.7. The lowest BCUT2D eigenvalue weighted by Gasteiger charge is -2.28. The van der Waals surface area contributed by atoms with Gasteiger partial charge in [0, 0.05) is 19.1 Å². The minimum Gasteiger partial charge on any atom is -0.346 e. The molecular weight excluding hydrogens is 230 g/mol. The molecule has 0 bridgehead atoms. The third-order valence-electron chi connectivity index (χ3n) is 3.46. The van der Waals surface area contributed by atoms with Gasteiger partial charge in [-0.1, -0.05) is 0 Å². The van der Waals surface area contributed by atoms with E-state index < -0.39 is 0 Å². The first-order valence-electron chi connectivity index (χ1n) is 6.90. The molecule has 0 aliphatic carbocycles. The Balaban J connectivity index is 2.34. The molecule has 1 fully saturated rings. The standard InChI is InChI=1S/C13H25N3O2/c1-4-16(5-2)12(17)9-14-13(18)11-8-6-7-10(3)15-11/h10-11,15H,4-9H2,1-3H3,(H,14,18). The summed E-state index contributed by atoms with van der Waals surface area (Å²) in [4.78, 5) is 25.4. The molecule has 0 aromatic heterocycles. The van der Waals surface area contributed by atoms with Crippen LogP contribution in [0.25, 0.3) is 0 Å². The summed E-state index contributed by atoms with van der Waals surface area (Å²) in [5.74, 6) is -0.0701. The Labute approximate surface area is 109 Å². The summed E-state index contributed by atoms with van der Waals surface area (Å²) in [5.41, 5.74) is 0. The Kier molecular flexibility index (Phi) is 6.12. The van der Waals surface area contributed by atoms with Crippen molar-refractivity contribution in [1.29, 1.82) is 0 Å². The van der Waals surface area contributed by atoms with Crippen LogP contribution in [0.3, 0.4) is 0 Å². The van der Waals surface area contributed by atoms with E-state index in [0.717, 1.165) is 19.3 Å². The number of rotatable bonds is 5. The maximum absolute atomic E-state index is 11.9. The lowest BCUT2D eigenvalue weighted by molar-refractivity contribution is -0.133. The second-order valence-electron chi connectivity index (χ2n) is 4.84. The van der Waals surface area contributed by atoms with Gasteiger partial charge in [-0.2, -0.15) is 0 Å². The molecule has 0 aromatic rings. The largest absolute Gasteiger partial charge is 0.346 e. The van der Waals surface area contributed by atoms with Crippen molar-refractivity contribution in [3.63, 3.8) is 0 Å². The Morgan fingerprint density at radius 3 is 2.50 bits per heavy atom. The first-order chi connectivity index (χ1) is 8.58. The van der Waals surface area contributed by atoms with Crippen molar-refractivity contribution in [3.05, 3.63) is 0 Å². The molecule has 1 heterocycles. The maximum Gasteiger partial charge on any atom is 0.241 e. The number of hydrogen-bond donors (Lipinski definition) is 2. The van der Waals surface area contributed by atoms with Gasteiger partial charge in [-0.3, -0.25) is 9.59 Å². The summed E-state index contributed by atoms with van der Waals surface area (Å²) in [6.07, 6.45) is 3.04. The summed E-state index contributed by atoms with van der Waals surface area (Å²) >= 11 is 0. The highest BCUT2D eigenvalue weighted by Gasteiger charge is 2.24. The van der Waals surface area contributed by atoms with Crippen LogP contribution in [-0.4, -0.2) is 48.4 Å². The van der Waals surface area contributed by atoms with E-state index >= 15 is 0 Å². The summed E-state index contributed by atoms with van der Waals surface area (Å²) < 4.78 is 0. The molecule has 2 atom stereocenters. The fourth-order valence-electron chi connectivity index (χ4n) is 2.32. The predicted octanol–water partition coefficient (Wildman–Crippen LogP) is 0.502. The monoisotopic (exact) mass is 255 g/mol. The molecule has 1 aliphatic heterocycles. The Bertz CT molecular complexity index is 290. The molecule has 0 aromatic carbocycles. The van der Waals surface area contributed by atoms with Crippen LogP contribution in [-0.2, 0) is 9.59 Å². The minimum absolute atomic E-state index is 0.0165. The van der Waals surface area contributed by atoms with Gasteiger partial charge in [-0.15, -0.1) is 0 Å². The number of nitrogens with zero attached hydrogens (tertiary/aromatic N) is 1. The van der Waals surface area contributed by atoms with Crippen LogP contribution in [0.5, 0.6) is 0 Å². The second-order valence-corrected chi connectivity index (χ2v) is 4.84. The van der Waals surface area contributed by atoms with Gasteiger partial charge in [0.05, 0.1) is 12.6 Å². The van der Waals surface area contributed by atoms with Crippen molar-refractivity contribution in [3.8, 4) is 0 Å². The van der Waals surface area contributed by atoms with Gasteiger partial charge >= 0.3 is 0 Å². The van der Waals surface area contributed by atoms with Gasteiger partial charge in [-0.05, 0) is 40.0 Å². The number of hydrogen-bond acceptors (Lipinski definition) is 3. The SMILES string of the molecule is CCN(CC)C(=O)CNC(=O)C1CCCC(C)N1. The van der Waals surface area contributed by atoms with Gasteiger partial charge < -0.3 is 15.5 Å². The first kappa shape index (κ1) is 15.0. The highest BCUT2D eigenvalue weighted by molar-refractivity contribution is 5.87. The van der Waals surface area contributed by atoms with E-state index in [0.29, 0.717) is 19.1 Å². The molecule has 0 saturated carbocycles. The van der Waals surface area contributed by atoms with Crippen LogP contribution in [0.4, 0.5) is 0 Å². The number of carbonyl (C=O) groups is 2. The van der Waals surface area contributed by atoms with Crippen molar-refractivity contribution < 1.29 is 9.59 Å². The quantitative estimate of drug-likeness (QED) is 0.752. The zero-order chi connectivity index (χ0) is 13.5. The van der Waals surface area contributed by atoms with E-state index in [9.17, 15) is 9.59 Å². The lowest BCUT2D eigenvalue weighted by atomic mass is 9.99. The lowest BCUT2D eigenvalue weighted by Crippen LogP contribution is -2.51. The molecular formula is C13H25N3O2. The summed E-state index contributed by atoms with van der Waals surface area (Å²) in [6, 6.07) is 0.242. The number of carbonyl (C=O) groups excluding carboxylic acids is 2. The molecule has 18 heavy (non-hydrogen) atoms. The Morgan fingerprint density at radius 2 is 1.94 bits per heavy atom. The molecule has 1 saturated heterocycles. The Morgan fingerprint density at radius 1 is 1.28 bits per heavy atom. The van der Waals surface area contributed by atoms with E-state index in [-0.39, 0.29) is 24.4 Å². The molecule has 1 rings (SSSR count). The number of likely N-dealkylation sites (N-methyl/N-ethyl adjacent to an activating group) is 1. The molecule has 0 radical (unpaired) electrons. The molecule has 0 spiro atoms. The molecule has 2 amide bonds. The van der Waals surface area contributed by atoms with E-state index in [1.807, 2.05) is 13.8 Å². The molecule has 1 aliphatic rings. The van der Waals surface area contributed by atoms with Crippen LogP contribution in [0.1, 0.15) is 40.0 Å². The smallest absolute Gasteiger partial charge is 0.241 e. The average Bonchev–Trinajstić information content (AvgIpc) is 2.37. The fraction of sp³-hybridized carbons (Fsp3) is 0.846. The van der Waals surface area contributed by atoms with Gasteiger partial charge in [0.25, 0.3) is 0 Å². The van der Waals surface area contributed by atoms with E-state index in [2.05, 4.69) is 17.6 Å². The van der Waals surface area contributed by atoms with Crippen molar-refractivity contribution >= 4 is 11.8 Å². The third kappa shape index (κ3) is 4.29. The van der Waals surface area contributed by atoms with E-state index in [1.165, 1.54) is 0 Å². The average molecular weight is 255 g/mol. The zero-order valence-corrected chi connectivity index (χ0v) is 11.7. The van der Waals surface area contributed by atoms with Crippen LogP contribution >= 0.6 is 0 Å². The van der Waals surface area contributed by atoms with Crippen molar-refractivity contribution in [2.24, 2.45) is 0 Å². The third-order valence-corrected chi connectivity index (χ3v) is 3.46. The van der Waals surface area contributed by atoms with Crippen molar-refractivity contribution in [2.45, 2.75) is 52.1 Å². The predicted molar refractivity (Wildman–Crippen MR) is 71.2 cm³/mol. The van der Waals surface area contributed by atoms with E-state index in [4.69, 9.17) is 0 Å². The minimum atomic E-state index is -0.141. The fourth-order valence-corrected chi connectivity index (χ4v) is 2.32. The second kappa shape index (κ2) is 7.36. The van der Waals surface area contributed by atoms with Crippen LogP contribution < -0.4 is 10.6 Å². The van der Waals surface area contributed by atoms with Gasteiger partial charge in [0.15, 0.2) is 0 Å². The molecule has 5 nitrogen and oxygen atoms in total. The highest BCUT2D eigenvalue weighted by atomic mass is 16.2. The maximum atomic E-state index is 11.9. The molecule has 104 valence electrons. The molecule has 5 heteroatoms. The van der Waals surface area contributed by atoms with Crippen LogP contribution in [0.15, 0.2) is 0 Å². The Hall–Kier alpha value is -1.10. The summed E-state index contributed by atoms with van der Waals surface area (Å²) in [7, 11) is 0. The topological polar surface area (TPSA) is 61.4 Å². The highest BCUT2D eigenvalue weighted by Crippen LogP contribution is 2.12. The number of piperidine rings is 1. The van der Waals surface area contributed by atoms with Gasteiger partial charge in [0.2, 0.25) is 11.8 Å². The van der Waals surface area contributed by atoms with Crippen molar-refractivity contribution in [2.75, 3.05) is 19.6 Å². The normalized spacial score (nSPS) is 23.5. The van der Waals surface area contributed by atoms with Gasteiger partial charge in [-0.25, -0.2) is 0 Å². The molecule has 2 unspecified atom stereocenters. The summed E-state index contributed by atoms with van der Waals surface area (Å²) in [5, 5.41) is 5.99. The van der Waals surface area contributed by atoms with Gasteiger partial charge in [0.1, 0.15) is 0 Å². The number of nitrogens with one attached hydrogen (secondary N) is 2. The first-order valence-corrected chi connectivity index (χ1v) is 6.90. The van der Waals surface area contributed by atoms with Crippen molar-refractivity contribution in [1.82, 2.24) is 15.5 Å². The summed E-state index contributed by atoms with van der Waals surface area (Å²) in [6.45, 7) is 7.43. The number of amides is 2. The van der Waals surface area contributed by atoms with E-state index in [1.54, 1.807) is 4.90 Å².